The maximum atomic E-state index is 9.46. The maximum absolute atomic E-state index is 9.46. The summed E-state index contributed by atoms with van der Waals surface area (Å²) in [6, 6.07) is 7.96. The summed E-state index contributed by atoms with van der Waals surface area (Å²) in [7, 11) is 1.66. The number of hydrogen-bond donors (Lipinski definition) is 1. The van der Waals surface area contributed by atoms with E-state index in [2.05, 4.69) is 0 Å². The Hall–Kier alpha value is -1.02. The largest absolute Gasteiger partial charge is 0.497 e. The van der Waals surface area contributed by atoms with E-state index < -0.39 is 0 Å². The molecule has 0 saturated heterocycles. The Kier molecular flexibility index (Phi) is 2.23. The van der Waals surface area contributed by atoms with Crippen LogP contribution < -0.4 is 4.74 Å². The summed E-state index contributed by atoms with van der Waals surface area (Å²) in [5, 5.41) is 9.46. The molecule has 0 aliphatic heterocycles. The van der Waals surface area contributed by atoms with Gasteiger partial charge in [-0.3, -0.25) is 0 Å². The van der Waals surface area contributed by atoms with Gasteiger partial charge in [0.15, 0.2) is 0 Å². The van der Waals surface area contributed by atoms with E-state index in [1.165, 1.54) is 5.56 Å². The number of aliphatic hydroxyl groups excluding tert-OH is 1. The molecule has 0 heterocycles. The Balaban J connectivity index is 2.13. The summed E-state index contributed by atoms with van der Waals surface area (Å²) in [6.45, 7) is 0. The first kappa shape index (κ1) is 8.57. The fraction of sp³-hybridized carbons (Fsp3) is 0.455. The van der Waals surface area contributed by atoms with E-state index in [0.29, 0.717) is 5.92 Å². The molecule has 13 heavy (non-hydrogen) atoms. The zero-order chi connectivity index (χ0) is 9.26. The van der Waals surface area contributed by atoms with Crippen molar-refractivity contribution in [2.75, 3.05) is 7.11 Å². The molecule has 0 aromatic heterocycles. The van der Waals surface area contributed by atoms with E-state index >= 15 is 0 Å². The van der Waals surface area contributed by atoms with Gasteiger partial charge >= 0.3 is 0 Å². The third kappa shape index (κ3) is 1.54. The van der Waals surface area contributed by atoms with Gasteiger partial charge in [0.25, 0.3) is 0 Å². The topological polar surface area (TPSA) is 29.5 Å². The second kappa shape index (κ2) is 3.38. The van der Waals surface area contributed by atoms with Gasteiger partial charge in [0.05, 0.1) is 13.2 Å². The molecule has 0 spiro atoms. The van der Waals surface area contributed by atoms with E-state index in [0.717, 1.165) is 18.6 Å². The second-order valence-corrected chi connectivity index (χ2v) is 3.52. The molecule has 1 aliphatic rings. The van der Waals surface area contributed by atoms with Gasteiger partial charge < -0.3 is 9.84 Å². The van der Waals surface area contributed by atoms with Crippen LogP contribution in [-0.4, -0.2) is 18.3 Å². The minimum absolute atomic E-state index is 0.131. The maximum Gasteiger partial charge on any atom is 0.118 e. The van der Waals surface area contributed by atoms with Gasteiger partial charge in [-0.1, -0.05) is 12.1 Å². The van der Waals surface area contributed by atoms with Crippen molar-refractivity contribution in [3.8, 4) is 5.75 Å². The molecule has 2 rings (SSSR count). The molecule has 1 fully saturated rings. The number of ether oxygens (including phenoxy) is 1. The summed E-state index contributed by atoms with van der Waals surface area (Å²) in [5.41, 5.74) is 1.22. The highest BCUT2D eigenvalue weighted by Crippen LogP contribution is 2.37. The van der Waals surface area contributed by atoms with Crippen LogP contribution in [0.2, 0.25) is 0 Å². The second-order valence-electron chi connectivity index (χ2n) is 3.52. The molecule has 0 radical (unpaired) electrons. The minimum Gasteiger partial charge on any atom is -0.497 e. The number of methoxy groups -OCH3 is 1. The first-order chi connectivity index (χ1) is 6.31. The molecule has 70 valence electrons. The molecule has 2 nitrogen and oxygen atoms in total. The Morgan fingerprint density at radius 3 is 2.31 bits per heavy atom. The molecular weight excluding hydrogens is 164 g/mol. The number of hydrogen-bond acceptors (Lipinski definition) is 2. The van der Waals surface area contributed by atoms with Crippen LogP contribution in [-0.2, 0) is 0 Å². The summed E-state index contributed by atoms with van der Waals surface area (Å²) in [5.74, 6) is 1.23. The molecule has 2 heteroatoms. The van der Waals surface area contributed by atoms with Crippen LogP contribution in [0.3, 0.4) is 0 Å². The van der Waals surface area contributed by atoms with Crippen LogP contribution in [0.4, 0.5) is 0 Å². The van der Waals surface area contributed by atoms with Crippen molar-refractivity contribution in [3.05, 3.63) is 29.8 Å². The molecule has 1 aromatic rings. The normalized spacial score (nSPS) is 26.6. The first-order valence-corrected chi connectivity index (χ1v) is 4.63. The van der Waals surface area contributed by atoms with Gasteiger partial charge in [-0.15, -0.1) is 0 Å². The lowest BCUT2D eigenvalue weighted by molar-refractivity contribution is 0.0661. The fourth-order valence-electron chi connectivity index (χ4n) is 1.72. The highest BCUT2D eigenvalue weighted by atomic mass is 16.5. The van der Waals surface area contributed by atoms with Crippen LogP contribution in [0, 0.1) is 0 Å². The van der Waals surface area contributed by atoms with Crippen molar-refractivity contribution in [3.63, 3.8) is 0 Å². The van der Waals surface area contributed by atoms with E-state index in [-0.39, 0.29) is 6.10 Å². The van der Waals surface area contributed by atoms with Gasteiger partial charge in [-0.25, -0.2) is 0 Å². The third-order valence-corrected chi connectivity index (χ3v) is 2.78. The molecule has 1 saturated carbocycles. The zero-order valence-corrected chi connectivity index (χ0v) is 7.73. The summed E-state index contributed by atoms with van der Waals surface area (Å²) in [6.07, 6.45) is 1.91. The first-order valence-electron chi connectivity index (χ1n) is 4.63. The SMILES string of the molecule is COc1ccc([C@@H]2CC[C@@H]2O)cc1. The van der Waals surface area contributed by atoms with Crippen molar-refractivity contribution in [1.29, 1.82) is 0 Å². The minimum atomic E-state index is -0.131. The average molecular weight is 178 g/mol. The smallest absolute Gasteiger partial charge is 0.118 e. The number of rotatable bonds is 2. The Bertz CT molecular complexity index is 279. The predicted octanol–water partition coefficient (Wildman–Crippen LogP) is 1.93. The average Bonchev–Trinajstić information content (AvgIpc) is 2.17. The lowest BCUT2D eigenvalue weighted by Gasteiger charge is -2.32. The van der Waals surface area contributed by atoms with Crippen LogP contribution in [0.5, 0.6) is 5.75 Å². The fourth-order valence-corrected chi connectivity index (χ4v) is 1.72. The molecule has 2 atom stereocenters. The number of benzene rings is 1. The van der Waals surface area contributed by atoms with Crippen molar-refractivity contribution in [2.45, 2.75) is 24.9 Å². The monoisotopic (exact) mass is 178 g/mol. The highest BCUT2D eigenvalue weighted by Gasteiger charge is 2.29. The van der Waals surface area contributed by atoms with Crippen molar-refractivity contribution in [1.82, 2.24) is 0 Å². The number of aliphatic hydroxyl groups is 1. The van der Waals surface area contributed by atoms with Gasteiger partial charge in [-0.05, 0) is 30.5 Å². The molecule has 0 unspecified atom stereocenters. The summed E-state index contributed by atoms with van der Waals surface area (Å²) >= 11 is 0. The molecule has 0 bridgehead atoms. The van der Waals surface area contributed by atoms with Crippen molar-refractivity contribution >= 4 is 0 Å². The molecule has 0 amide bonds. The van der Waals surface area contributed by atoms with Gasteiger partial charge in [0, 0.05) is 5.92 Å². The van der Waals surface area contributed by atoms with E-state index in [1.807, 2.05) is 24.3 Å². The van der Waals surface area contributed by atoms with E-state index in [9.17, 15) is 5.11 Å². The van der Waals surface area contributed by atoms with Crippen LogP contribution in [0.1, 0.15) is 24.3 Å². The van der Waals surface area contributed by atoms with E-state index in [1.54, 1.807) is 7.11 Å². The molecule has 1 aromatic carbocycles. The zero-order valence-electron chi connectivity index (χ0n) is 7.73. The lowest BCUT2D eigenvalue weighted by Crippen LogP contribution is -2.28. The van der Waals surface area contributed by atoms with Crippen molar-refractivity contribution < 1.29 is 9.84 Å². The quantitative estimate of drug-likeness (QED) is 0.749. The standard InChI is InChI=1S/C11H14O2/c1-13-9-4-2-8(3-5-9)10-6-7-11(10)12/h2-5,10-12H,6-7H2,1H3/t10-,11-/m0/s1. The van der Waals surface area contributed by atoms with Gasteiger partial charge in [0.2, 0.25) is 0 Å². The lowest BCUT2D eigenvalue weighted by atomic mass is 9.77. The molecule has 1 aliphatic carbocycles. The van der Waals surface area contributed by atoms with Crippen LogP contribution in [0.15, 0.2) is 24.3 Å². The Labute approximate surface area is 78.2 Å². The van der Waals surface area contributed by atoms with Gasteiger partial charge in [-0.2, -0.15) is 0 Å². The highest BCUT2D eigenvalue weighted by molar-refractivity contribution is 5.31. The summed E-state index contributed by atoms with van der Waals surface area (Å²) < 4.78 is 5.06. The third-order valence-electron chi connectivity index (χ3n) is 2.78. The molecule has 1 N–H and O–H groups in total. The van der Waals surface area contributed by atoms with E-state index in [4.69, 9.17) is 4.74 Å². The predicted molar refractivity (Wildman–Crippen MR) is 51.0 cm³/mol. The van der Waals surface area contributed by atoms with Crippen molar-refractivity contribution in [2.24, 2.45) is 0 Å². The summed E-state index contributed by atoms with van der Waals surface area (Å²) in [4.78, 5) is 0. The van der Waals surface area contributed by atoms with Crippen LogP contribution >= 0.6 is 0 Å². The van der Waals surface area contributed by atoms with Crippen LogP contribution in [0.25, 0.3) is 0 Å². The molecular formula is C11H14O2. The Morgan fingerprint density at radius 1 is 1.23 bits per heavy atom. The van der Waals surface area contributed by atoms with Gasteiger partial charge in [0.1, 0.15) is 5.75 Å². The Morgan fingerprint density at radius 2 is 1.92 bits per heavy atom.